The van der Waals surface area contributed by atoms with Crippen molar-refractivity contribution in [2.75, 3.05) is 19.7 Å². The van der Waals surface area contributed by atoms with E-state index in [4.69, 9.17) is 9.47 Å². The molecule has 0 fully saturated rings. The fourth-order valence-electron chi connectivity index (χ4n) is 1.77. The van der Waals surface area contributed by atoms with Gasteiger partial charge in [-0.05, 0) is 32.1 Å². The van der Waals surface area contributed by atoms with Crippen LogP contribution in [0.1, 0.15) is 20.8 Å². The Morgan fingerprint density at radius 1 is 1.25 bits per heavy atom. The van der Waals surface area contributed by atoms with Crippen LogP contribution in [0, 0.1) is 0 Å². The largest absolute Gasteiger partial charge is 0.471 e. The SMILES string of the molecule is C=C(C)C(=O)OCC(Oc1ccccc1)N(CC)CC. The molecule has 1 rings (SSSR count). The van der Waals surface area contributed by atoms with E-state index in [0.717, 1.165) is 18.8 Å². The number of para-hydroxylation sites is 1. The van der Waals surface area contributed by atoms with Crippen LogP contribution in [-0.4, -0.2) is 36.8 Å². The highest BCUT2D eigenvalue weighted by Gasteiger charge is 2.19. The third-order valence-electron chi connectivity index (χ3n) is 2.94. The Morgan fingerprint density at radius 2 is 1.85 bits per heavy atom. The van der Waals surface area contributed by atoms with Crippen LogP contribution in [-0.2, 0) is 9.53 Å². The second kappa shape index (κ2) is 8.38. The molecular weight excluding hydrogens is 254 g/mol. The minimum absolute atomic E-state index is 0.183. The van der Waals surface area contributed by atoms with Gasteiger partial charge in [0.1, 0.15) is 12.4 Å². The van der Waals surface area contributed by atoms with Crippen molar-refractivity contribution in [3.8, 4) is 5.75 Å². The predicted octanol–water partition coefficient (Wildman–Crippen LogP) is 2.85. The molecule has 20 heavy (non-hydrogen) atoms. The van der Waals surface area contributed by atoms with Crippen molar-refractivity contribution in [2.24, 2.45) is 0 Å². The summed E-state index contributed by atoms with van der Waals surface area (Å²) in [6.07, 6.45) is -0.296. The number of ether oxygens (including phenoxy) is 2. The van der Waals surface area contributed by atoms with E-state index in [1.54, 1.807) is 6.92 Å². The Kier molecular flexibility index (Phi) is 6.81. The number of likely N-dealkylation sites (N-methyl/N-ethyl adjacent to an activating group) is 1. The van der Waals surface area contributed by atoms with Crippen molar-refractivity contribution in [3.05, 3.63) is 42.5 Å². The number of nitrogens with zero attached hydrogens (tertiary/aromatic N) is 1. The van der Waals surface area contributed by atoms with Crippen LogP contribution in [0.15, 0.2) is 42.5 Å². The Hall–Kier alpha value is -1.81. The molecule has 0 spiro atoms. The second-order valence-electron chi connectivity index (χ2n) is 4.49. The van der Waals surface area contributed by atoms with Crippen LogP contribution >= 0.6 is 0 Å². The zero-order chi connectivity index (χ0) is 15.0. The summed E-state index contributed by atoms with van der Waals surface area (Å²) in [6, 6.07) is 9.53. The lowest BCUT2D eigenvalue weighted by atomic mass is 10.3. The van der Waals surface area contributed by atoms with Crippen molar-refractivity contribution in [2.45, 2.75) is 27.0 Å². The molecule has 0 saturated heterocycles. The van der Waals surface area contributed by atoms with Crippen LogP contribution in [0.25, 0.3) is 0 Å². The highest BCUT2D eigenvalue weighted by Crippen LogP contribution is 2.13. The van der Waals surface area contributed by atoms with Gasteiger partial charge in [0.25, 0.3) is 0 Å². The lowest BCUT2D eigenvalue weighted by molar-refractivity contribution is -0.145. The minimum Gasteiger partial charge on any atom is -0.471 e. The summed E-state index contributed by atoms with van der Waals surface area (Å²) in [7, 11) is 0. The van der Waals surface area contributed by atoms with Gasteiger partial charge in [-0.1, -0.05) is 38.6 Å². The molecule has 0 heterocycles. The van der Waals surface area contributed by atoms with Crippen molar-refractivity contribution in [1.29, 1.82) is 0 Å². The molecule has 0 aromatic heterocycles. The van der Waals surface area contributed by atoms with Gasteiger partial charge in [-0.3, -0.25) is 4.90 Å². The standard InChI is InChI=1S/C16H23NO3/c1-5-17(6-2)15(12-19-16(18)13(3)4)20-14-10-8-7-9-11-14/h7-11,15H,3,5-6,12H2,1-2,4H3. The maximum absolute atomic E-state index is 11.5. The van der Waals surface area contributed by atoms with Crippen LogP contribution < -0.4 is 4.74 Å². The monoisotopic (exact) mass is 277 g/mol. The zero-order valence-corrected chi connectivity index (χ0v) is 12.5. The van der Waals surface area contributed by atoms with Crippen LogP contribution in [0.3, 0.4) is 0 Å². The minimum atomic E-state index is -0.390. The van der Waals surface area contributed by atoms with Crippen LogP contribution in [0.4, 0.5) is 0 Å². The quantitative estimate of drug-likeness (QED) is 0.416. The van der Waals surface area contributed by atoms with Crippen molar-refractivity contribution in [3.63, 3.8) is 0 Å². The molecule has 1 unspecified atom stereocenters. The third-order valence-corrected chi connectivity index (χ3v) is 2.94. The normalized spacial score (nSPS) is 12.0. The average Bonchev–Trinajstić information content (AvgIpc) is 2.46. The lowest BCUT2D eigenvalue weighted by Crippen LogP contribution is -2.43. The molecular formula is C16H23NO3. The molecule has 0 aliphatic heterocycles. The van der Waals surface area contributed by atoms with Gasteiger partial charge in [-0.2, -0.15) is 0 Å². The van der Waals surface area contributed by atoms with Crippen molar-refractivity contribution < 1.29 is 14.3 Å². The van der Waals surface area contributed by atoms with Gasteiger partial charge in [0.05, 0.1) is 0 Å². The maximum Gasteiger partial charge on any atom is 0.333 e. The van der Waals surface area contributed by atoms with E-state index in [2.05, 4.69) is 11.5 Å². The van der Waals surface area contributed by atoms with E-state index in [9.17, 15) is 4.79 Å². The van der Waals surface area contributed by atoms with Crippen molar-refractivity contribution in [1.82, 2.24) is 4.90 Å². The Balaban J connectivity index is 2.70. The maximum atomic E-state index is 11.5. The molecule has 0 radical (unpaired) electrons. The number of rotatable bonds is 8. The van der Waals surface area contributed by atoms with Gasteiger partial charge in [-0.15, -0.1) is 0 Å². The smallest absolute Gasteiger partial charge is 0.333 e. The van der Waals surface area contributed by atoms with E-state index in [0.29, 0.717) is 5.57 Å². The molecule has 0 aliphatic carbocycles. The summed E-state index contributed by atoms with van der Waals surface area (Å²) in [6.45, 7) is 11.1. The molecule has 0 aliphatic rings. The fourth-order valence-corrected chi connectivity index (χ4v) is 1.77. The summed E-state index contributed by atoms with van der Waals surface area (Å²) in [5.41, 5.74) is 0.392. The first-order chi connectivity index (χ1) is 9.58. The average molecular weight is 277 g/mol. The molecule has 1 aromatic carbocycles. The first kappa shape index (κ1) is 16.2. The zero-order valence-electron chi connectivity index (χ0n) is 12.5. The molecule has 0 bridgehead atoms. The van der Waals surface area contributed by atoms with Crippen LogP contribution in [0.2, 0.25) is 0 Å². The number of benzene rings is 1. The van der Waals surface area contributed by atoms with Gasteiger partial charge >= 0.3 is 5.97 Å². The highest BCUT2D eigenvalue weighted by molar-refractivity contribution is 5.86. The number of carbonyl (C=O) groups excluding carboxylic acids is 1. The van der Waals surface area contributed by atoms with E-state index < -0.39 is 0 Å². The Labute approximate surface area is 121 Å². The van der Waals surface area contributed by atoms with E-state index >= 15 is 0 Å². The molecule has 4 heteroatoms. The number of carbonyl (C=O) groups is 1. The second-order valence-corrected chi connectivity index (χ2v) is 4.49. The summed E-state index contributed by atoms with van der Waals surface area (Å²) in [5.74, 6) is 0.370. The molecule has 1 aromatic rings. The number of hydrogen-bond acceptors (Lipinski definition) is 4. The molecule has 0 N–H and O–H groups in total. The first-order valence-corrected chi connectivity index (χ1v) is 6.86. The summed E-state index contributed by atoms with van der Waals surface area (Å²) < 4.78 is 11.1. The third kappa shape index (κ3) is 5.05. The van der Waals surface area contributed by atoms with Crippen molar-refractivity contribution >= 4 is 5.97 Å². The lowest BCUT2D eigenvalue weighted by Gasteiger charge is -2.29. The van der Waals surface area contributed by atoms with E-state index in [1.807, 2.05) is 44.2 Å². The van der Waals surface area contributed by atoms with Gasteiger partial charge in [-0.25, -0.2) is 4.79 Å². The molecule has 0 saturated carbocycles. The highest BCUT2D eigenvalue weighted by atomic mass is 16.6. The fraction of sp³-hybridized carbons (Fsp3) is 0.438. The first-order valence-electron chi connectivity index (χ1n) is 6.86. The Bertz CT molecular complexity index is 427. The topological polar surface area (TPSA) is 38.8 Å². The van der Waals surface area contributed by atoms with Gasteiger partial charge < -0.3 is 9.47 Å². The summed E-state index contributed by atoms with van der Waals surface area (Å²) >= 11 is 0. The number of esters is 1. The van der Waals surface area contributed by atoms with Crippen LogP contribution in [0.5, 0.6) is 5.75 Å². The van der Waals surface area contributed by atoms with Gasteiger partial charge in [0, 0.05) is 5.57 Å². The number of hydrogen-bond donors (Lipinski definition) is 0. The predicted molar refractivity (Wildman–Crippen MR) is 79.6 cm³/mol. The van der Waals surface area contributed by atoms with Gasteiger partial charge in [0.15, 0.2) is 6.23 Å². The van der Waals surface area contributed by atoms with E-state index in [-0.39, 0.29) is 18.8 Å². The molecule has 4 nitrogen and oxygen atoms in total. The molecule has 110 valence electrons. The van der Waals surface area contributed by atoms with E-state index in [1.165, 1.54) is 0 Å². The Morgan fingerprint density at radius 3 is 2.35 bits per heavy atom. The molecule has 0 amide bonds. The summed E-state index contributed by atoms with van der Waals surface area (Å²) in [5, 5.41) is 0. The molecule has 1 atom stereocenters. The summed E-state index contributed by atoms with van der Waals surface area (Å²) in [4.78, 5) is 13.6. The van der Waals surface area contributed by atoms with Gasteiger partial charge in [0.2, 0.25) is 0 Å².